The lowest BCUT2D eigenvalue weighted by atomic mass is 10.2. The first-order chi connectivity index (χ1) is 7.58. The first-order valence-corrected chi connectivity index (χ1v) is 3.62. The van der Waals surface area contributed by atoms with E-state index >= 15 is 0 Å². The van der Waals surface area contributed by atoms with E-state index in [0.717, 1.165) is 0 Å². The van der Waals surface area contributed by atoms with Gasteiger partial charge in [0.15, 0.2) is 18.5 Å². The van der Waals surface area contributed by atoms with E-state index in [4.69, 9.17) is 7.85 Å². The van der Waals surface area contributed by atoms with Gasteiger partial charge in [0.1, 0.15) is 0 Å². The SMILES string of the molecule is [2H]CC(=O)O[C@H](C=O)[C@@H](CO)OC(=O)C[2H]. The molecule has 0 aromatic heterocycles. The van der Waals surface area contributed by atoms with E-state index in [9.17, 15) is 14.4 Å². The van der Waals surface area contributed by atoms with Crippen LogP contribution in [-0.2, 0) is 23.9 Å². The third kappa shape index (κ3) is 4.56. The van der Waals surface area contributed by atoms with Crippen LogP contribution in [0.4, 0.5) is 0 Å². The highest BCUT2D eigenvalue weighted by atomic mass is 16.6. The summed E-state index contributed by atoms with van der Waals surface area (Å²) >= 11 is 0. The molecule has 0 unspecified atom stereocenters. The number of aliphatic hydroxyl groups is 1. The predicted molar refractivity (Wildman–Crippen MR) is 44.3 cm³/mol. The zero-order valence-electron chi connectivity index (χ0n) is 9.34. The average molecular weight is 206 g/mol. The standard InChI is InChI=1S/C8H12O6/c1-5(11)13-7(3-9)8(4-10)14-6(2)12/h3,7-8,10H,4H2,1-2H3/t7-,8-/m1/s1/i1D,2D. The molecular weight excluding hydrogens is 192 g/mol. The Bertz CT molecular complexity index is 257. The number of carbonyl (C=O) groups is 3. The van der Waals surface area contributed by atoms with E-state index in [1.54, 1.807) is 0 Å². The van der Waals surface area contributed by atoms with E-state index in [1.807, 2.05) is 0 Å². The first-order valence-electron chi connectivity index (χ1n) is 5.04. The lowest BCUT2D eigenvalue weighted by molar-refractivity contribution is -0.169. The summed E-state index contributed by atoms with van der Waals surface area (Å²) in [5.41, 5.74) is 0. The van der Waals surface area contributed by atoms with Crippen LogP contribution in [0.2, 0.25) is 0 Å². The molecule has 0 rings (SSSR count). The van der Waals surface area contributed by atoms with Gasteiger partial charge >= 0.3 is 11.9 Å². The van der Waals surface area contributed by atoms with E-state index in [1.165, 1.54) is 0 Å². The molecule has 0 aliphatic rings. The molecule has 6 nitrogen and oxygen atoms in total. The maximum Gasteiger partial charge on any atom is 0.303 e. The fraction of sp³-hybridized carbons (Fsp3) is 0.625. The van der Waals surface area contributed by atoms with Crippen molar-refractivity contribution in [1.29, 1.82) is 0 Å². The number of ether oxygens (including phenoxy) is 2. The van der Waals surface area contributed by atoms with E-state index < -0.39 is 44.6 Å². The molecule has 0 bridgehead atoms. The van der Waals surface area contributed by atoms with Crippen molar-refractivity contribution in [1.82, 2.24) is 0 Å². The van der Waals surface area contributed by atoms with Gasteiger partial charge in [-0.05, 0) is 0 Å². The normalized spacial score (nSPS) is 15.8. The molecule has 0 spiro atoms. The Morgan fingerprint density at radius 3 is 2.43 bits per heavy atom. The molecule has 0 aliphatic carbocycles. The molecule has 0 aromatic carbocycles. The monoisotopic (exact) mass is 206 g/mol. The van der Waals surface area contributed by atoms with Gasteiger partial charge in [0.05, 0.1) is 6.61 Å². The molecule has 0 fully saturated rings. The Labute approximate surface area is 83.6 Å². The number of esters is 2. The second-order valence-electron chi connectivity index (χ2n) is 2.30. The van der Waals surface area contributed by atoms with Crippen LogP contribution < -0.4 is 0 Å². The molecule has 0 saturated carbocycles. The molecule has 0 radical (unpaired) electrons. The van der Waals surface area contributed by atoms with Crippen molar-refractivity contribution in [2.45, 2.75) is 26.0 Å². The number of hydrogen-bond donors (Lipinski definition) is 1. The number of aldehydes is 1. The summed E-state index contributed by atoms with van der Waals surface area (Å²) in [5.74, 6) is -1.93. The van der Waals surface area contributed by atoms with Gasteiger partial charge in [-0.2, -0.15) is 0 Å². The second-order valence-corrected chi connectivity index (χ2v) is 2.30. The highest BCUT2D eigenvalue weighted by Crippen LogP contribution is 2.02. The van der Waals surface area contributed by atoms with Crippen LogP contribution in [0.15, 0.2) is 0 Å². The third-order valence-corrected chi connectivity index (χ3v) is 1.23. The molecule has 0 saturated heterocycles. The lowest BCUT2D eigenvalue weighted by Crippen LogP contribution is -2.38. The fourth-order valence-electron chi connectivity index (χ4n) is 0.720. The third-order valence-electron chi connectivity index (χ3n) is 1.23. The molecule has 0 aliphatic heterocycles. The average Bonchev–Trinajstić information content (AvgIpc) is 2.32. The molecule has 6 heteroatoms. The van der Waals surface area contributed by atoms with Crippen LogP contribution in [0.5, 0.6) is 0 Å². The van der Waals surface area contributed by atoms with Crippen molar-refractivity contribution in [3.05, 3.63) is 0 Å². The van der Waals surface area contributed by atoms with E-state index in [0.29, 0.717) is 0 Å². The van der Waals surface area contributed by atoms with Crippen LogP contribution in [0.1, 0.15) is 16.5 Å². The minimum Gasteiger partial charge on any atom is -0.456 e. The van der Waals surface area contributed by atoms with Gasteiger partial charge in [-0.15, -0.1) is 0 Å². The van der Waals surface area contributed by atoms with Crippen LogP contribution in [0.3, 0.4) is 0 Å². The zero-order chi connectivity index (χ0) is 12.6. The molecule has 80 valence electrons. The van der Waals surface area contributed by atoms with Gasteiger partial charge in [-0.3, -0.25) is 14.4 Å². The second kappa shape index (κ2) is 6.09. The smallest absolute Gasteiger partial charge is 0.303 e. The molecule has 0 aromatic rings. The van der Waals surface area contributed by atoms with Crippen LogP contribution in [0.25, 0.3) is 0 Å². The predicted octanol–water partition coefficient (Wildman–Crippen LogP) is -0.959. The molecular formula is C8H12O6. The molecule has 0 amide bonds. The zero-order valence-corrected chi connectivity index (χ0v) is 7.34. The summed E-state index contributed by atoms with van der Waals surface area (Å²) in [7, 11) is 0. The maximum absolute atomic E-state index is 10.7. The number of aliphatic hydroxyl groups excluding tert-OH is 1. The van der Waals surface area contributed by atoms with Crippen molar-refractivity contribution in [2.75, 3.05) is 6.61 Å². The molecule has 1 N–H and O–H groups in total. The van der Waals surface area contributed by atoms with Gasteiger partial charge in [0, 0.05) is 16.5 Å². The molecule has 2 atom stereocenters. The number of hydrogen-bond acceptors (Lipinski definition) is 6. The molecule has 0 heterocycles. The van der Waals surface area contributed by atoms with Crippen molar-refractivity contribution in [2.24, 2.45) is 0 Å². The van der Waals surface area contributed by atoms with Crippen molar-refractivity contribution in [3.8, 4) is 0 Å². The summed E-state index contributed by atoms with van der Waals surface area (Å²) in [4.78, 5) is 32.0. The van der Waals surface area contributed by atoms with Crippen LogP contribution in [-0.4, -0.2) is 42.1 Å². The summed E-state index contributed by atoms with van der Waals surface area (Å²) in [5, 5.41) is 8.82. The van der Waals surface area contributed by atoms with Crippen LogP contribution in [0, 0.1) is 0 Å². The summed E-state index contributed by atoms with van der Waals surface area (Å²) in [6, 6.07) is 0. The van der Waals surface area contributed by atoms with Crippen molar-refractivity contribution in [3.63, 3.8) is 0 Å². The topological polar surface area (TPSA) is 89.9 Å². The number of rotatable bonds is 5. The summed E-state index contributed by atoms with van der Waals surface area (Å²) in [6.45, 7) is -2.08. The van der Waals surface area contributed by atoms with Gasteiger partial charge < -0.3 is 14.6 Å². The first kappa shape index (κ1) is 9.14. The fourth-order valence-corrected chi connectivity index (χ4v) is 0.720. The summed E-state index contributed by atoms with van der Waals surface area (Å²) < 4.78 is 22.3. The quantitative estimate of drug-likeness (QED) is 0.460. The lowest BCUT2D eigenvalue weighted by Gasteiger charge is -2.19. The number of carbonyl (C=O) groups excluding carboxylic acids is 3. The summed E-state index contributed by atoms with van der Waals surface area (Å²) in [6.07, 6.45) is -2.62. The van der Waals surface area contributed by atoms with Crippen LogP contribution >= 0.6 is 0 Å². The highest BCUT2D eigenvalue weighted by molar-refractivity contribution is 5.71. The minimum absolute atomic E-state index is 0.186. The minimum atomic E-state index is -1.46. The van der Waals surface area contributed by atoms with Gasteiger partial charge in [0.25, 0.3) is 0 Å². The Morgan fingerprint density at radius 2 is 2.00 bits per heavy atom. The van der Waals surface area contributed by atoms with E-state index in [2.05, 4.69) is 9.47 Å². The highest BCUT2D eigenvalue weighted by Gasteiger charge is 2.25. The van der Waals surface area contributed by atoms with E-state index in [-0.39, 0.29) is 6.29 Å². The van der Waals surface area contributed by atoms with Crippen molar-refractivity contribution < 1.29 is 31.7 Å². The Balaban J connectivity index is 4.43. The maximum atomic E-state index is 10.7. The van der Waals surface area contributed by atoms with Gasteiger partial charge in [-0.1, -0.05) is 0 Å². The Hall–Kier alpha value is -1.43. The Kier molecular flexibility index (Phi) is 3.97. The molecule has 14 heavy (non-hydrogen) atoms. The van der Waals surface area contributed by atoms with Gasteiger partial charge in [-0.25, -0.2) is 0 Å². The van der Waals surface area contributed by atoms with Crippen molar-refractivity contribution >= 4 is 18.2 Å². The van der Waals surface area contributed by atoms with Gasteiger partial charge in [0.2, 0.25) is 0 Å². The largest absolute Gasteiger partial charge is 0.456 e. The Morgan fingerprint density at radius 1 is 1.43 bits per heavy atom.